The highest BCUT2D eigenvalue weighted by molar-refractivity contribution is 7.45. The van der Waals surface area contributed by atoms with Gasteiger partial charge in [0.05, 0.1) is 13.2 Å². The Hall–Kier alpha value is -1.16. The predicted molar refractivity (Wildman–Crippen MR) is 203 cm³/mol. The van der Waals surface area contributed by atoms with Crippen molar-refractivity contribution >= 4 is 14.5 Å². The molecule has 1 aromatic rings. The smallest absolute Gasteiger partial charge is 0.321 e. The second-order valence-corrected chi connectivity index (χ2v) is 18.4. The monoisotopic (exact) mass is 676 g/mol. The van der Waals surface area contributed by atoms with E-state index < -0.39 is 8.53 Å². The van der Waals surface area contributed by atoms with Crippen LogP contribution in [0.15, 0.2) is 12.1 Å². The Labute approximate surface area is 292 Å². The molecule has 1 unspecified atom stereocenters. The number of benzene rings is 1. The fourth-order valence-corrected chi connectivity index (χ4v) is 7.91. The largest absolute Gasteiger partial charge is 0.466 e. The van der Waals surface area contributed by atoms with E-state index in [0.717, 1.165) is 25.1 Å². The van der Waals surface area contributed by atoms with Gasteiger partial charge >= 0.3 is 14.5 Å². The van der Waals surface area contributed by atoms with Gasteiger partial charge in [0.25, 0.3) is 0 Å². The summed E-state index contributed by atoms with van der Waals surface area (Å²) in [6.45, 7) is 24.5. The van der Waals surface area contributed by atoms with Crippen molar-refractivity contribution in [2.24, 2.45) is 0 Å². The average Bonchev–Trinajstić information content (AvgIpc) is 3.46. The molecule has 0 aliphatic carbocycles. The number of rotatable bonds is 22. The molecule has 0 spiro atoms. The van der Waals surface area contributed by atoms with E-state index in [9.17, 15) is 4.79 Å². The van der Waals surface area contributed by atoms with E-state index in [4.69, 9.17) is 13.8 Å². The van der Waals surface area contributed by atoms with Crippen LogP contribution >= 0.6 is 8.53 Å². The zero-order valence-corrected chi connectivity index (χ0v) is 33.4. The zero-order chi connectivity index (χ0) is 34.9. The summed E-state index contributed by atoms with van der Waals surface area (Å²) in [4.78, 5) is 12.7. The van der Waals surface area contributed by atoms with Gasteiger partial charge in [-0.25, -0.2) is 4.67 Å². The maximum Gasteiger partial charge on any atom is 0.321 e. The minimum Gasteiger partial charge on any atom is -0.466 e. The van der Waals surface area contributed by atoms with E-state index in [2.05, 4.69) is 86.0 Å². The molecule has 1 heterocycles. The molecule has 0 saturated carbocycles. The summed E-state index contributed by atoms with van der Waals surface area (Å²) in [5.74, 6) is 0.853. The maximum absolute atomic E-state index is 12.7. The van der Waals surface area contributed by atoms with Crippen LogP contribution < -0.4 is 4.52 Å². The van der Waals surface area contributed by atoms with Crippen molar-refractivity contribution in [3.05, 3.63) is 28.8 Å². The van der Waals surface area contributed by atoms with Crippen LogP contribution in [0.1, 0.15) is 195 Å². The highest BCUT2D eigenvalue weighted by Crippen LogP contribution is 2.54. The van der Waals surface area contributed by atoms with Crippen LogP contribution in [0.4, 0.5) is 0 Å². The number of esters is 1. The highest BCUT2D eigenvalue weighted by atomic mass is 31.2. The molecule has 0 radical (unpaired) electrons. The van der Waals surface area contributed by atoms with Gasteiger partial charge in [0.15, 0.2) is 0 Å². The maximum atomic E-state index is 12.7. The van der Waals surface area contributed by atoms with Crippen molar-refractivity contribution in [1.29, 1.82) is 0 Å². The van der Waals surface area contributed by atoms with Crippen LogP contribution in [0.3, 0.4) is 0 Å². The van der Waals surface area contributed by atoms with Gasteiger partial charge < -0.3 is 13.8 Å². The highest BCUT2D eigenvalue weighted by Gasteiger charge is 2.39. The second kappa shape index (κ2) is 21.1. The van der Waals surface area contributed by atoms with Crippen molar-refractivity contribution in [2.45, 2.75) is 201 Å². The van der Waals surface area contributed by atoms with Crippen molar-refractivity contribution < 1.29 is 18.6 Å². The molecule has 1 atom stereocenters. The van der Waals surface area contributed by atoms with Gasteiger partial charge in [0.1, 0.15) is 5.75 Å². The lowest BCUT2D eigenvalue weighted by molar-refractivity contribution is -0.143. The van der Waals surface area contributed by atoms with Gasteiger partial charge in [-0.2, -0.15) is 0 Å². The molecular weight excluding hydrogens is 601 g/mol. The third-order valence-corrected chi connectivity index (χ3v) is 11.2. The number of unbranched alkanes of at least 4 members (excludes halogenated alkanes) is 15. The Morgan fingerprint density at radius 3 is 1.60 bits per heavy atom. The van der Waals surface area contributed by atoms with Crippen molar-refractivity contribution in [3.63, 3.8) is 0 Å². The zero-order valence-electron chi connectivity index (χ0n) is 32.5. The molecule has 6 heteroatoms. The molecular formula is C41H74NO4P. The Balaban J connectivity index is 1.75. The van der Waals surface area contributed by atoms with E-state index in [1.807, 2.05) is 0 Å². The van der Waals surface area contributed by atoms with E-state index >= 15 is 0 Å². The Morgan fingerprint density at radius 2 is 1.17 bits per heavy atom. The van der Waals surface area contributed by atoms with E-state index in [1.165, 1.54) is 107 Å². The van der Waals surface area contributed by atoms with Crippen LogP contribution in [0.5, 0.6) is 5.75 Å². The molecule has 272 valence electrons. The lowest BCUT2D eigenvalue weighted by atomic mass is 9.78. The fraction of sp³-hybridized carbons (Fsp3) is 0.829. The lowest BCUT2D eigenvalue weighted by Gasteiger charge is -2.36. The minimum absolute atomic E-state index is 0.0293. The molecule has 0 aromatic heterocycles. The Morgan fingerprint density at radius 1 is 0.723 bits per heavy atom. The summed E-state index contributed by atoms with van der Waals surface area (Å²) >= 11 is 0. The van der Waals surface area contributed by atoms with Crippen molar-refractivity contribution in [3.8, 4) is 5.75 Å². The van der Waals surface area contributed by atoms with Gasteiger partial charge in [0, 0.05) is 29.6 Å². The molecule has 1 fully saturated rings. The van der Waals surface area contributed by atoms with Crippen LogP contribution in [-0.2, 0) is 31.3 Å². The number of aryl methyl sites for hydroxylation is 1. The normalized spacial score (nSPS) is 16.2. The summed E-state index contributed by atoms with van der Waals surface area (Å²) in [6.07, 6.45) is 22.6. The molecule has 47 heavy (non-hydrogen) atoms. The Bertz CT molecular complexity index is 985. The van der Waals surface area contributed by atoms with Gasteiger partial charge in [-0.1, -0.05) is 157 Å². The molecule has 2 rings (SSSR count). The number of carbonyl (C=O) groups is 1. The van der Waals surface area contributed by atoms with Gasteiger partial charge in [0.2, 0.25) is 0 Å². The summed E-state index contributed by atoms with van der Waals surface area (Å²) in [6, 6.07) is 4.50. The van der Waals surface area contributed by atoms with E-state index in [-0.39, 0.29) is 22.3 Å². The fourth-order valence-electron chi connectivity index (χ4n) is 6.29. The van der Waals surface area contributed by atoms with Crippen LogP contribution in [-0.4, -0.2) is 35.9 Å². The van der Waals surface area contributed by atoms with E-state index in [1.54, 1.807) is 0 Å². The molecule has 0 bridgehead atoms. The summed E-state index contributed by atoms with van der Waals surface area (Å²) in [7, 11) is -1.19. The first-order chi connectivity index (χ1) is 22.1. The third kappa shape index (κ3) is 16.4. The van der Waals surface area contributed by atoms with Crippen LogP contribution in [0.25, 0.3) is 0 Å². The second-order valence-electron chi connectivity index (χ2n) is 17.0. The minimum atomic E-state index is -1.19. The number of hydrogen-bond donors (Lipinski definition) is 0. The van der Waals surface area contributed by atoms with Gasteiger partial charge in [-0.15, -0.1) is 0 Å². The first-order valence-electron chi connectivity index (χ1n) is 19.4. The molecule has 1 aromatic carbocycles. The SMILES string of the molecule is CCCCCCCCCCCCCCCCCCOC(=O)CCc1cc(C(C)(C)C)c(OP2OCCN2C(C)(C)C)c(C(C)(C)C)c1. The predicted octanol–water partition coefficient (Wildman–Crippen LogP) is 12.8. The molecule has 0 amide bonds. The van der Waals surface area contributed by atoms with Crippen molar-refractivity contribution in [2.75, 3.05) is 19.8 Å². The molecule has 1 aliphatic heterocycles. The molecule has 5 nitrogen and oxygen atoms in total. The number of nitrogens with zero attached hydrogens (tertiary/aromatic N) is 1. The standard InChI is InChI=1S/C41H74NO4P/c1-11-12-13-14-15-16-17-18-19-20-21-22-23-24-25-26-30-44-37(43)28-27-34-32-35(39(2,3)4)38(36(33-34)40(5,6)7)46-47-42(29-31-45-47)41(8,9)10/h32-33H,11-31H2,1-10H3. The molecule has 0 N–H and O–H groups in total. The van der Waals surface area contributed by atoms with Crippen molar-refractivity contribution in [1.82, 2.24) is 4.67 Å². The number of carbonyl (C=O) groups excluding carboxylic acids is 1. The Kier molecular flexibility index (Phi) is 18.9. The summed E-state index contributed by atoms with van der Waals surface area (Å²) in [5.41, 5.74) is 3.24. The third-order valence-electron chi connectivity index (χ3n) is 9.29. The van der Waals surface area contributed by atoms with Gasteiger partial charge in [-0.3, -0.25) is 4.79 Å². The number of hydrogen-bond acceptors (Lipinski definition) is 5. The van der Waals surface area contributed by atoms with Crippen LogP contribution in [0.2, 0.25) is 0 Å². The van der Waals surface area contributed by atoms with Crippen LogP contribution in [0, 0.1) is 0 Å². The molecule has 1 saturated heterocycles. The average molecular weight is 676 g/mol. The lowest BCUT2D eigenvalue weighted by Crippen LogP contribution is -2.36. The quantitative estimate of drug-likeness (QED) is 0.0695. The topological polar surface area (TPSA) is 48.0 Å². The first-order valence-corrected chi connectivity index (χ1v) is 20.5. The summed E-state index contributed by atoms with van der Waals surface area (Å²) in [5, 5.41) is 0. The first kappa shape index (κ1) is 42.0. The van der Waals surface area contributed by atoms with Gasteiger partial charge in [-0.05, 0) is 50.0 Å². The van der Waals surface area contributed by atoms with E-state index in [0.29, 0.717) is 26.1 Å². The molecule has 1 aliphatic rings. The summed E-state index contributed by atoms with van der Waals surface area (Å²) < 4.78 is 21.0. The number of ether oxygens (including phenoxy) is 1.